The molecule has 2 aromatic rings. The Labute approximate surface area is 123 Å². The number of hydrogen-bond acceptors (Lipinski definition) is 4. The molecule has 0 saturated heterocycles. The minimum Gasteiger partial charge on any atom is -0.461 e. The fraction of sp³-hybridized carbons (Fsp3) is 0.375. The first-order chi connectivity index (χ1) is 9.43. The van der Waals surface area contributed by atoms with Gasteiger partial charge in [-0.05, 0) is 57.4 Å². The van der Waals surface area contributed by atoms with Crippen molar-refractivity contribution in [1.82, 2.24) is 4.98 Å². The zero-order valence-corrected chi connectivity index (χ0v) is 13.4. The fourth-order valence-electron chi connectivity index (χ4n) is 2.09. The molecule has 0 amide bonds. The fourth-order valence-corrected chi connectivity index (χ4v) is 3.07. The van der Waals surface area contributed by atoms with Gasteiger partial charge in [-0.3, -0.25) is 0 Å². The molecule has 0 radical (unpaired) electrons. The maximum atomic E-state index is 11.8. The number of aromatic nitrogens is 1. The molecule has 0 spiro atoms. The Morgan fingerprint density at radius 1 is 1.15 bits per heavy atom. The van der Waals surface area contributed by atoms with Gasteiger partial charge in [-0.25, -0.2) is 9.78 Å². The Balaban J connectivity index is 2.47. The van der Waals surface area contributed by atoms with Crippen molar-refractivity contribution in [3.05, 3.63) is 39.4 Å². The predicted octanol–water partition coefficient (Wildman–Crippen LogP) is 4.22. The third-order valence-corrected chi connectivity index (χ3v) is 4.34. The molecular formula is C16H19NO2S. The Morgan fingerprint density at radius 3 is 2.45 bits per heavy atom. The second kappa shape index (κ2) is 5.75. The van der Waals surface area contributed by atoms with Crippen molar-refractivity contribution in [3.63, 3.8) is 0 Å². The number of carbonyl (C=O) groups excluding carboxylic acids is 1. The standard InChI is InChI=1S/C16H19NO2S/c1-6-19-16(18)14-12(5)20-15(17-14)13-8-10(3)9(2)7-11(13)4/h7-8H,6H2,1-5H3. The number of hydrogen-bond donors (Lipinski definition) is 0. The van der Waals surface area contributed by atoms with Gasteiger partial charge in [0.15, 0.2) is 5.69 Å². The van der Waals surface area contributed by atoms with Crippen molar-refractivity contribution < 1.29 is 9.53 Å². The molecule has 106 valence electrons. The van der Waals surface area contributed by atoms with Crippen LogP contribution in [0.5, 0.6) is 0 Å². The van der Waals surface area contributed by atoms with Crippen molar-refractivity contribution in [2.45, 2.75) is 34.6 Å². The number of aryl methyl sites for hydroxylation is 4. The maximum Gasteiger partial charge on any atom is 0.358 e. The summed E-state index contributed by atoms with van der Waals surface area (Å²) >= 11 is 1.54. The van der Waals surface area contributed by atoms with E-state index in [1.54, 1.807) is 6.92 Å². The minimum absolute atomic E-state index is 0.339. The van der Waals surface area contributed by atoms with Crippen LogP contribution in [0.4, 0.5) is 0 Å². The van der Waals surface area contributed by atoms with Crippen molar-refractivity contribution in [2.24, 2.45) is 0 Å². The van der Waals surface area contributed by atoms with E-state index in [1.807, 2.05) is 6.92 Å². The highest BCUT2D eigenvalue weighted by atomic mass is 32.1. The van der Waals surface area contributed by atoms with Crippen LogP contribution in [-0.2, 0) is 4.74 Å². The van der Waals surface area contributed by atoms with Crippen LogP contribution in [0.25, 0.3) is 10.6 Å². The van der Waals surface area contributed by atoms with E-state index in [4.69, 9.17) is 4.74 Å². The lowest BCUT2D eigenvalue weighted by atomic mass is 10.0. The van der Waals surface area contributed by atoms with Crippen LogP contribution >= 0.6 is 11.3 Å². The van der Waals surface area contributed by atoms with E-state index in [2.05, 4.69) is 37.9 Å². The summed E-state index contributed by atoms with van der Waals surface area (Å²) in [5.74, 6) is -0.339. The third kappa shape index (κ3) is 2.75. The summed E-state index contributed by atoms with van der Waals surface area (Å²) in [6.45, 7) is 10.3. The molecule has 0 unspecified atom stereocenters. The highest BCUT2D eigenvalue weighted by molar-refractivity contribution is 7.15. The van der Waals surface area contributed by atoms with E-state index in [0.29, 0.717) is 12.3 Å². The summed E-state index contributed by atoms with van der Waals surface area (Å²) in [5, 5.41) is 0.881. The van der Waals surface area contributed by atoms with Crippen LogP contribution in [0.2, 0.25) is 0 Å². The molecule has 3 nitrogen and oxygen atoms in total. The van der Waals surface area contributed by atoms with Gasteiger partial charge in [0, 0.05) is 10.4 Å². The van der Waals surface area contributed by atoms with Gasteiger partial charge in [-0.1, -0.05) is 6.07 Å². The Bertz CT molecular complexity index is 659. The van der Waals surface area contributed by atoms with Gasteiger partial charge in [0.25, 0.3) is 0 Å². The van der Waals surface area contributed by atoms with Crippen LogP contribution in [0.1, 0.15) is 39.0 Å². The van der Waals surface area contributed by atoms with E-state index in [1.165, 1.54) is 28.0 Å². The average molecular weight is 289 g/mol. The van der Waals surface area contributed by atoms with E-state index in [0.717, 1.165) is 15.4 Å². The monoisotopic (exact) mass is 289 g/mol. The summed E-state index contributed by atoms with van der Waals surface area (Å²) in [4.78, 5) is 17.2. The molecule has 4 heteroatoms. The summed E-state index contributed by atoms with van der Waals surface area (Å²) in [5.41, 5.74) is 5.21. The van der Waals surface area contributed by atoms with Gasteiger partial charge in [-0.15, -0.1) is 11.3 Å². The SMILES string of the molecule is CCOC(=O)c1nc(-c2cc(C)c(C)cc2C)sc1C. The van der Waals surface area contributed by atoms with Crippen molar-refractivity contribution >= 4 is 17.3 Å². The molecule has 0 aliphatic heterocycles. The summed E-state index contributed by atoms with van der Waals surface area (Å²) in [6, 6.07) is 4.29. The van der Waals surface area contributed by atoms with Gasteiger partial charge in [-0.2, -0.15) is 0 Å². The maximum absolute atomic E-state index is 11.8. The lowest BCUT2D eigenvalue weighted by Gasteiger charge is -2.07. The summed E-state index contributed by atoms with van der Waals surface area (Å²) in [6.07, 6.45) is 0. The first kappa shape index (κ1) is 14.7. The third-order valence-electron chi connectivity index (χ3n) is 3.34. The van der Waals surface area contributed by atoms with E-state index in [9.17, 15) is 4.79 Å². The van der Waals surface area contributed by atoms with Crippen LogP contribution < -0.4 is 0 Å². The molecule has 0 fully saturated rings. The second-order valence-corrected chi connectivity index (χ2v) is 6.10. The lowest BCUT2D eigenvalue weighted by molar-refractivity contribution is 0.0519. The number of nitrogens with zero attached hydrogens (tertiary/aromatic N) is 1. The zero-order valence-electron chi connectivity index (χ0n) is 12.5. The minimum atomic E-state index is -0.339. The lowest BCUT2D eigenvalue weighted by Crippen LogP contribution is -2.06. The number of rotatable bonds is 3. The van der Waals surface area contributed by atoms with Gasteiger partial charge in [0.1, 0.15) is 5.01 Å². The molecule has 1 aromatic heterocycles. The molecule has 0 atom stereocenters. The van der Waals surface area contributed by atoms with E-state index < -0.39 is 0 Å². The summed E-state index contributed by atoms with van der Waals surface area (Å²) in [7, 11) is 0. The molecule has 1 heterocycles. The second-order valence-electron chi connectivity index (χ2n) is 4.90. The smallest absolute Gasteiger partial charge is 0.358 e. The zero-order chi connectivity index (χ0) is 14.9. The largest absolute Gasteiger partial charge is 0.461 e. The number of thiazole rings is 1. The molecule has 20 heavy (non-hydrogen) atoms. The molecule has 1 aromatic carbocycles. The van der Waals surface area contributed by atoms with Crippen molar-refractivity contribution in [2.75, 3.05) is 6.61 Å². The normalized spacial score (nSPS) is 10.7. The highest BCUT2D eigenvalue weighted by Crippen LogP contribution is 2.31. The van der Waals surface area contributed by atoms with Crippen LogP contribution in [0, 0.1) is 27.7 Å². The topological polar surface area (TPSA) is 39.2 Å². The van der Waals surface area contributed by atoms with E-state index >= 15 is 0 Å². The van der Waals surface area contributed by atoms with Crippen LogP contribution in [0.3, 0.4) is 0 Å². The molecule has 0 aliphatic carbocycles. The average Bonchev–Trinajstić information content (AvgIpc) is 2.76. The van der Waals surface area contributed by atoms with Gasteiger partial charge in [0.05, 0.1) is 6.61 Å². The first-order valence-electron chi connectivity index (χ1n) is 6.66. The number of esters is 1. The highest BCUT2D eigenvalue weighted by Gasteiger charge is 2.18. The summed E-state index contributed by atoms with van der Waals surface area (Å²) < 4.78 is 5.04. The Hall–Kier alpha value is -1.68. The Morgan fingerprint density at radius 2 is 1.80 bits per heavy atom. The number of carbonyl (C=O) groups is 1. The predicted molar refractivity (Wildman–Crippen MR) is 82.5 cm³/mol. The Kier molecular flexibility index (Phi) is 4.23. The van der Waals surface area contributed by atoms with Gasteiger partial charge in [0.2, 0.25) is 0 Å². The van der Waals surface area contributed by atoms with E-state index in [-0.39, 0.29) is 5.97 Å². The molecular weight excluding hydrogens is 270 g/mol. The molecule has 0 N–H and O–H groups in total. The van der Waals surface area contributed by atoms with Crippen LogP contribution in [0.15, 0.2) is 12.1 Å². The van der Waals surface area contributed by atoms with Crippen molar-refractivity contribution in [1.29, 1.82) is 0 Å². The van der Waals surface area contributed by atoms with Gasteiger partial charge >= 0.3 is 5.97 Å². The van der Waals surface area contributed by atoms with Crippen LogP contribution in [-0.4, -0.2) is 17.6 Å². The van der Waals surface area contributed by atoms with Gasteiger partial charge < -0.3 is 4.74 Å². The molecule has 2 rings (SSSR count). The van der Waals surface area contributed by atoms with Crippen molar-refractivity contribution in [3.8, 4) is 10.6 Å². The first-order valence-corrected chi connectivity index (χ1v) is 7.48. The quantitative estimate of drug-likeness (QED) is 0.794. The molecule has 0 saturated carbocycles. The molecule has 0 bridgehead atoms. The number of ether oxygens (including phenoxy) is 1. The molecule has 0 aliphatic rings. The number of benzene rings is 1.